The Labute approximate surface area is 138 Å². The van der Waals surface area contributed by atoms with Crippen LogP contribution in [0.25, 0.3) is 21.9 Å². The van der Waals surface area contributed by atoms with Crippen LogP contribution in [-0.4, -0.2) is 15.7 Å². The lowest BCUT2D eigenvalue weighted by Gasteiger charge is -2.05. The highest BCUT2D eigenvalue weighted by Crippen LogP contribution is 2.24. The van der Waals surface area contributed by atoms with Crippen LogP contribution in [0.3, 0.4) is 0 Å². The Morgan fingerprint density at radius 3 is 2.83 bits per heavy atom. The van der Waals surface area contributed by atoms with Crippen molar-refractivity contribution >= 4 is 27.8 Å². The van der Waals surface area contributed by atoms with Crippen molar-refractivity contribution in [3.05, 3.63) is 66.1 Å². The number of fused-ring (bicyclic) bond motifs is 2. The zero-order chi connectivity index (χ0) is 16.5. The number of amides is 1. The Kier molecular flexibility index (Phi) is 3.54. The van der Waals surface area contributed by atoms with Gasteiger partial charge in [0.1, 0.15) is 17.9 Å². The van der Waals surface area contributed by atoms with E-state index >= 15 is 0 Å². The number of carbonyl (C=O) groups excluding carboxylic acids is 1. The van der Waals surface area contributed by atoms with Crippen molar-refractivity contribution in [2.45, 2.75) is 20.0 Å². The summed E-state index contributed by atoms with van der Waals surface area (Å²) in [6, 6.07) is 15.7. The summed E-state index contributed by atoms with van der Waals surface area (Å²) in [7, 11) is 0. The molecular formula is C19H17N3O2. The number of nitrogens with one attached hydrogen (secondary N) is 1. The third-order valence-electron chi connectivity index (χ3n) is 4.23. The molecule has 120 valence electrons. The monoisotopic (exact) mass is 319 g/mol. The van der Waals surface area contributed by atoms with E-state index < -0.39 is 0 Å². The van der Waals surface area contributed by atoms with Crippen LogP contribution in [0, 0.1) is 6.92 Å². The van der Waals surface area contributed by atoms with Crippen molar-refractivity contribution in [1.82, 2.24) is 15.1 Å². The van der Waals surface area contributed by atoms with Crippen molar-refractivity contribution in [1.29, 1.82) is 0 Å². The van der Waals surface area contributed by atoms with Crippen LogP contribution in [0.5, 0.6) is 0 Å². The Bertz CT molecular complexity index is 1030. The Balaban J connectivity index is 1.47. The maximum Gasteiger partial charge on any atom is 0.242 e. The lowest BCUT2D eigenvalue weighted by atomic mass is 10.1. The fourth-order valence-electron chi connectivity index (χ4n) is 2.92. The zero-order valence-corrected chi connectivity index (χ0v) is 13.3. The SMILES string of the molecule is Cc1c(CNC(=O)Cn2ncc3ccccc32)oc2ccccc12. The van der Waals surface area contributed by atoms with Gasteiger partial charge >= 0.3 is 0 Å². The van der Waals surface area contributed by atoms with Crippen LogP contribution in [0.4, 0.5) is 0 Å². The number of hydrogen-bond acceptors (Lipinski definition) is 3. The van der Waals surface area contributed by atoms with Crippen LogP contribution in [-0.2, 0) is 17.9 Å². The fourth-order valence-corrected chi connectivity index (χ4v) is 2.92. The molecule has 2 heterocycles. The first kappa shape index (κ1) is 14.5. The van der Waals surface area contributed by atoms with Gasteiger partial charge in [0.25, 0.3) is 0 Å². The van der Waals surface area contributed by atoms with E-state index in [2.05, 4.69) is 10.4 Å². The molecule has 0 aliphatic carbocycles. The number of aromatic nitrogens is 2. The lowest BCUT2D eigenvalue weighted by Crippen LogP contribution is -2.27. The average Bonchev–Trinajstić information content (AvgIpc) is 3.15. The molecule has 4 aromatic rings. The Morgan fingerprint density at radius 1 is 1.17 bits per heavy atom. The first-order valence-corrected chi connectivity index (χ1v) is 7.86. The largest absolute Gasteiger partial charge is 0.459 e. The molecule has 4 rings (SSSR count). The molecule has 0 fully saturated rings. The van der Waals surface area contributed by atoms with Gasteiger partial charge in [-0.05, 0) is 19.1 Å². The summed E-state index contributed by atoms with van der Waals surface area (Å²) < 4.78 is 7.52. The molecule has 0 spiro atoms. The molecule has 0 saturated heterocycles. The number of hydrogen-bond donors (Lipinski definition) is 1. The van der Waals surface area contributed by atoms with Gasteiger partial charge in [0.05, 0.1) is 18.3 Å². The number of benzene rings is 2. The second kappa shape index (κ2) is 5.85. The molecule has 1 amide bonds. The van der Waals surface area contributed by atoms with Crippen LogP contribution < -0.4 is 5.32 Å². The third-order valence-corrected chi connectivity index (χ3v) is 4.23. The van der Waals surface area contributed by atoms with Gasteiger partial charge in [-0.15, -0.1) is 0 Å². The number of rotatable bonds is 4. The van der Waals surface area contributed by atoms with Gasteiger partial charge in [-0.1, -0.05) is 36.4 Å². The van der Waals surface area contributed by atoms with Crippen LogP contribution >= 0.6 is 0 Å². The summed E-state index contributed by atoms with van der Waals surface area (Å²) in [6.45, 7) is 2.57. The highest BCUT2D eigenvalue weighted by molar-refractivity contribution is 5.83. The van der Waals surface area contributed by atoms with Crippen molar-refractivity contribution in [3.63, 3.8) is 0 Å². The van der Waals surface area contributed by atoms with Crippen LogP contribution in [0.2, 0.25) is 0 Å². The van der Waals surface area contributed by atoms with E-state index in [1.54, 1.807) is 10.9 Å². The number of furan rings is 1. The maximum absolute atomic E-state index is 12.2. The van der Waals surface area contributed by atoms with E-state index in [1.165, 1.54) is 0 Å². The van der Waals surface area contributed by atoms with Gasteiger partial charge in [0.15, 0.2) is 0 Å². The number of para-hydroxylation sites is 2. The van der Waals surface area contributed by atoms with Gasteiger partial charge in [-0.2, -0.15) is 5.10 Å². The summed E-state index contributed by atoms with van der Waals surface area (Å²) in [5, 5.41) is 9.29. The molecule has 0 unspecified atom stereocenters. The van der Waals surface area contributed by atoms with Crippen molar-refractivity contribution in [3.8, 4) is 0 Å². The molecular weight excluding hydrogens is 302 g/mol. The summed E-state index contributed by atoms with van der Waals surface area (Å²) >= 11 is 0. The van der Waals surface area contributed by atoms with Crippen molar-refractivity contribution < 1.29 is 9.21 Å². The predicted molar refractivity (Wildman–Crippen MR) is 92.5 cm³/mol. The van der Waals surface area contributed by atoms with Gasteiger partial charge in [-0.3, -0.25) is 9.48 Å². The number of carbonyl (C=O) groups is 1. The molecule has 1 N–H and O–H groups in total. The maximum atomic E-state index is 12.2. The van der Waals surface area contributed by atoms with Gasteiger partial charge < -0.3 is 9.73 Å². The van der Waals surface area contributed by atoms with Gasteiger partial charge in [-0.25, -0.2) is 0 Å². The smallest absolute Gasteiger partial charge is 0.242 e. The summed E-state index contributed by atoms with van der Waals surface area (Å²) in [4.78, 5) is 12.2. The highest BCUT2D eigenvalue weighted by Gasteiger charge is 2.12. The van der Waals surface area contributed by atoms with Crippen molar-refractivity contribution in [2.75, 3.05) is 0 Å². The number of nitrogens with zero attached hydrogens (tertiary/aromatic N) is 2. The Hall–Kier alpha value is -3.08. The van der Waals surface area contributed by atoms with Crippen LogP contribution in [0.15, 0.2) is 59.1 Å². The van der Waals surface area contributed by atoms with Crippen molar-refractivity contribution in [2.24, 2.45) is 0 Å². The van der Waals surface area contributed by atoms with E-state index in [-0.39, 0.29) is 12.5 Å². The first-order valence-electron chi connectivity index (χ1n) is 7.86. The van der Waals surface area contributed by atoms with Gasteiger partial charge in [0.2, 0.25) is 5.91 Å². The minimum absolute atomic E-state index is 0.0938. The zero-order valence-electron chi connectivity index (χ0n) is 13.3. The quantitative estimate of drug-likeness (QED) is 0.627. The predicted octanol–water partition coefficient (Wildman–Crippen LogP) is 3.41. The van der Waals surface area contributed by atoms with E-state index in [0.717, 1.165) is 33.2 Å². The fraction of sp³-hybridized carbons (Fsp3) is 0.158. The van der Waals surface area contributed by atoms with Gasteiger partial charge in [0, 0.05) is 16.3 Å². The minimum atomic E-state index is -0.0938. The molecule has 2 aromatic heterocycles. The first-order chi connectivity index (χ1) is 11.7. The second-order valence-corrected chi connectivity index (χ2v) is 5.78. The van der Waals surface area contributed by atoms with E-state index in [4.69, 9.17) is 4.42 Å². The molecule has 5 nitrogen and oxygen atoms in total. The molecule has 0 atom stereocenters. The standard InChI is InChI=1S/C19H17N3O2/c1-13-15-7-3-5-9-17(15)24-18(13)11-20-19(23)12-22-16-8-4-2-6-14(16)10-21-22/h2-10H,11-12H2,1H3,(H,20,23). The normalized spacial score (nSPS) is 11.2. The second-order valence-electron chi connectivity index (χ2n) is 5.78. The number of aryl methyl sites for hydroxylation is 1. The molecule has 0 saturated carbocycles. The molecule has 0 radical (unpaired) electrons. The molecule has 24 heavy (non-hydrogen) atoms. The van der Waals surface area contributed by atoms with E-state index in [0.29, 0.717) is 6.54 Å². The van der Waals surface area contributed by atoms with Crippen LogP contribution in [0.1, 0.15) is 11.3 Å². The minimum Gasteiger partial charge on any atom is -0.459 e. The molecule has 0 aliphatic rings. The summed E-state index contributed by atoms with van der Waals surface area (Å²) in [6.07, 6.45) is 1.77. The summed E-state index contributed by atoms with van der Waals surface area (Å²) in [5.74, 6) is 0.693. The molecule has 5 heteroatoms. The van der Waals surface area contributed by atoms with E-state index in [9.17, 15) is 4.79 Å². The Morgan fingerprint density at radius 2 is 1.96 bits per heavy atom. The molecule has 2 aromatic carbocycles. The summed E-state index contributed by atoms with van der Waals surface area (Å²) in [5.41, 5.74) is 2.86. The highest BCUT2D eigenvalue weighted by atomic mass is 16.3. The molecule has 0 bridgehead atoms. The average molecular weight is 319 g/mol. The lowest BCUT2D eigenvalue weighted by molar-refractivity contribution is -0.122. The molecule has 0 aliphatic heterocycles. The van der Waals surface area contributed by atoms with E-state index in [1.807, 2.05) is 55.5 Å². The topological polar surface area (TPSA) is 60.1 Å². The third kappa shape index (κ3) is 2.54.